The minimum Gasteiger partial charge on any atom is -0.353 e. The van der Waals surface area contributed by atoms with Crippen LogP contribution in [0.25, 0.3) is 6.08 Å². The highest BCUT2D eigenvalue weighted by Gasteiger charge is 2.25. The number of ether oxygens (including phenoxy) is 3. The van der Waals surface area contributed by atoms with Gasteiger partial charge < -0.3 is 14.2 Å². The van der Waals surface area contributed by atoms with Gasteiger partial charge >= 0.3 is 0 Å². The molecule has 0 aromatic heterocycles. The quantitative estimate of drug-likeness (QED) is 0.630. The first-order valence-electron chi connectivity index (χ1n) is 7.53. The van der Waals surface area contributed by atoms with Crippen LogP contribution in [0.15, 0.2) is 29.8 Å². The molecule has 0 spiro atoms. The lowest BCUT2D eigenvalue weighted by molar-refractivity contribution is -0.384. The summed E-state index contributed by atoms with van der Waals surface area (Å²) in [5, 5.41) is 10.6. The topological polar surface area (TPSA) is 70.8 Å². The number of nitrogens with zero attached hydrogens (tertiary/aromatic N) is 1. The zero-order valence-corrected chi connectivity index (χ0v) is 12.3. The molecule has 0 bridgehead atoms. The third kappa shape index (κ3) is 3.91. The molecule has 3 rings (SSSR count). The first kappa shape index (κ1) is 15.1. The molecule has 2 atom stereocenters. The molecule has 0 aliphatic carbocycles. The SMILES string of the molecule is O=[N+]([O-])c1ccc(/C=C2\CO[C@@H](O[C@H]3CCCCO3)C2)cc1. The molecule has 6 heteroatoms. The fourth-order valence-corrected chi connectivity index (χ4v) is 2.64. The van der Waals surface area contributed by atoms with Gasteiger partial charge in [-0.25, -0.2) is 0 Å². The van der Waals surface area contributed by atoms with Crippen molar-refractivity contribution in [2.45, 2.75) is 38.3 Å². The van der Waals surface area contributed by atoms with E-state index in [2.05, 4.69) is 0 Å². The van der Waals surface area contributed by atoms with E-state index in [1.54, 1.807) is 12.1 Å². The van der Waals surface area contributed by atoms with Crippen LogP contribution >= 0.6 is 0 Å². The number of hydrogen-bond acceptors (Lipinski definition) is 5. The van der Waals surface area contributed by atoms with E-state index in [1.165, 1.54) is 12.1 Å². The highest BCUT2D eigenvalue weighted by Crippen LogP contribution is 2.26. The van der Waals surface area contributed by atoms with Crippen LogP contribution in [0.2, 0.25) is 0 Å². The second-order valence-electron chi connectivity index (χ2n) is 5.53. The molecule has 2 aliphatic heterocycles. The van der Waals surface area contributed by atoms with Gasteiger partial charge in [-0.3, -0.25) is 10.1 Å². The third-order valence-electron chi connectivity index (χ3n) is 3.80. The zero-order chi connectivity index (χ0) is 15.4. The van der Waals surface area contributed by atoms with Crippen molar-refractivity contribution in [2.75, 3.05) is 13.2 Å². The fraction of sp³-hybridized carbons (Fsp3) is 0.500. The van der Waals surface area contributed by atoms with E-state index in [-0.39, 0.29) is 18.3 Å². The molecular formula is C16H19NO5. The van der Waals surface area contributed by atoms with E-state index in [0.29, 0.717) is 13.0 Å². The Hall–Kier alpha value is -1.76. The number of benzene rings is 1. The van der Waals surface area contributed by atoms with Gasteiger partial charge in [0.25, 0.3) is 5.69 Å². The number of hydrogen-bond donors (Lipinski definition) is 0. The number of nitro benzene ring substituents is 1. The lowest BCUT2D eigenvalue weighted by Gasteiger charge is -2.25. The van der Waals surface area contributed by atoms with Gasteiger partial charge in [0, 0.05) is 25.2 Å². The van der Waals surface area contributed by atoms with Crippen LogP contribution in [0.3, 0.4) is 0 Å². The lowest BCUT2D eigenvalue weighted by atomic mass is 10.1. The van der Waals surface area contributed by atoms with Gasteiger partial charge in [-0.05, 0) is 42.5 Å². The van der Waals surface area contributed by atoms with E-state index in [1.807, 2.05) is 6.08 Å². The Morgan fingerprint density at radius 3 is 2.68 bits per heavy atom. The molecule has 0 radical (unpaired) electrons. The summed E-state index contributed by atoms with van der Waals surface area (Å²) >= 11 is 0. The van der Waals surface area contributed by atoms with E-state index in [4.69, 9.17) is 14.2 Å². The van der Waals surface area contributed by atoms with Crippen molar-refractivity contribution in [3.05, 3.63) is 45.5 Å². The van der Waals surface area contributed by atoms with Crippen LogP contribution < -0.4 is 0 Å². The molecule has 2 saturated heterocycles. The van der Waals surface area contributed by atoms with Crippen molar-refractivity contribution in [2.24, 2.45) is 0 Å². The summed E-state index contributed by atoms with van der Waals surface area (Å²) in [4.78, 5) is 10.2. The van der Waals surface area contributed by atoms with Gasteiger partial charge in [-0.15, -0.1) is 0 Å². The molecule has 0 unspecified atom stereocenters. The Kier molecular flexibility index (Phi) is 4.82. The molecule has 2 aliphatic rings. The summed E-state index contributed by atoms with van der Waals surface area (Å²) in [5.74, 6) is 0. The van der Waals surface area contributed by atoms with Crippen LogP contribution in [0.1, 0.15) is 31.2 Å². The zero-order valence-electron chi connectivity index (χ0n) is 12.3. The van der Waals surface area contributed by atoms with Crippen LogP contribution in [0.5, 0.6) is 0 Å². The predicted molar refractivity (Wildman–Crippen MR) is 80.1 cm³/mol. The van der Waals surface area contributed by atoms with Crippen LogP contribution in [-0.2, 0) is 14.2 Å². The fourth-order valence-electron chi connectivity index (χ4n) is 2.64. The summed E-state index contributed by atoms with van der Waals surface area (Å²) < 4.78 is 17.0. The van der Waals surface area contributed by atoms with Gasteiger partial charge in [-0.2, -0.15) is 0 Å². The van der Waals surface area contributed by atoms with E-state index < -0.39 is 4.92 Å². The Labute approximate surface area is 128 Å². The third-order valence-corrected chi connectivity index (χ3v) is 3.80. The lowest BCUT2D eigenvalue weighted by Crippen LogP contribution is -2.27. The van der Waals surface area contributed by atoms with Crippen molar-refractivity contribution in [3.63, 3.8) is 0 Å². The first-order chi connectivity index (χ1) is 10.7. The average Bonchev–Trinajstić information content (AvgIpc) is 2.96. The van der Waals surface area contributed by atoms with Gasteiger partial charge in [-0.1, -0.05) is 6.08 Å². The summed E-state index contributed by atoms with van der Waals surface area (Å²) in [5.41, 5.74) is 2.15. The molecule has 0 N–H and O–H groups in total. The highest BCUT2D eigenvalue weighted by molar-refractivity contribution is 5.55. The Bertz CT molecular complexity index is 548. The van der Waals surface area contributed by atoms with Crippen molar-refractivity contribution >= 4 is 11.8 Å². The molecule has 0 amide bonds. The molecule has 22 heavy (non-hydrogen) atoms. The van der Waals surface area contributed by atoms with Crippen LogP contribution in [0, 0.1) is 10.1 Å². The van der Waals surface area contributed by atoms with Gasteiger partial charge in [0.2, 0.25) is 0 Å². The average molecular weight is 305 g/mol. The van der Waals surface area contributed by atoms with Crippen LogP contribution in [-0.4, -0.2) is 30.7 Å². The number of nitro groups is 1. The van der Waals surface area contributed by atoms with E-state index in [9.17, 15) is 10.1 Å². The van der Waals surface area contributed by atoms with E-state index in [0.717, 1.165) is 37.0 Å². The maximum absolute atomic E-state index is 10.6. The molecular weight excluding hydrogens is 286 g/mol. The first-order valence-corrected chi connectivity index (χ1v) is 7.53. The Morgan fingerprint density at radius 1 is 1.18 bits per heavy atom. The normalized spacial score (nSPS) is 27.2. The highest BCUT2D eigenvalue weighted by atomic mass is 16.8. The summed E-state index contributed by atoms with van der Waals surface area (Å²) in [7, 11) is 0. The summed E-state index contributed by atoms with van der Waals surface area (Å²) in [6.45, 7) is 1.28. The maximum Gasteiger partial charge on any atom is 0.269 e. The molecule has 0 saturated carbocycles. The van der Waals surface area contributed by atoms with Crippen LogP contribution in [0.4, 0.5) is 5.69 Å². The van der Waals surface area contributed by atoms with E-state index >= 15 is 0 Å². The number of rotatable bonds is 4. The predicted octanol–water partition coefficient (Wildman–Crippen LogP) is 3.27. The molecule has 1 aromatic rings. The standard InChI is InChI=1S/C16H19NO5/c18-17(19)14-6-4-12(5-7-14)9-13-10-16(21-11-13)22-15-3-1-2-8-20-15/h4-7,9,15-16H,1-3,8,10-11H2/b13-9-/t15-,16-/m0/s1. The monoisotopic (exact) mass is 305 g/mol. The second-order valence-corrected chi connectivity index (χ2v) is 5.53. The Balaban J connectivity index is 1.55. The largest absolute Gasteiger partial charge is 0.353 e. The van der Waals surface area contributed by atoms with Gasteiger partial charge in [0.05, 0.1) is 11.5 Å². The maximum atomic E-state index is 10.6. The second kappa shape index (κ2) is 7.00. The van der Waals surface area contributed by atoms with Gasteiger partial charge in [0.1, 0.15) is 0 Å². The molecule has 1 aromatic carbocycles. The van der Waals surface area contributed by atoms with Crippen molar-refractivity contribution in [1.82, 2.24) is 0 Å². The van der Waals surface area contributed by atoms with Crippen molar-refractivity contribution in [3.8, 4) is 0 Å². The molecule has 2 heterocycles. The summed E-state index contributed by atoms with van der Waals surface area (Å²) in [6, 6.07) is 6.49. The summed E-state index contributed by atoms with van der Waals surface area (Å²) in [6.07, 6.45) is 5.43. The molecule has 2 fully saturated rings. The Morgan fingerprint density at radius 2 is 2.00 bits per heavy atom. The number of non-ortho nitro benzene ring substituents is 1. The minimum absolute atomic E-state index is 0.0977. The smallest absolute Gasteiger partial charge is 0.269 e. The van der Waals surface area contributed by atoms with Crippen molar-refractivity contribution < 1.29 is 19.1 Å². The molecule has 118 valence electrons. The minimum atomic E-state index is -0.399. The van der Waals surface area contributed by atoms with Crippen molar-refractivity contribution in [1.29, 1.82) is 0 Å². The van der Waals surface area contributed by atoms with Gasteiger partial charge in [0.15, 0.2) is 12.6 Å². The molecule has 6 nitrogen and oxygen atoms in total.